The molecule has 4 aromatic rings. The molecule has 4 heterocycles. The number of anilines is 1. The number of rotatable bonds is 6. The Balaban J connectivity index is 1.40. The normalized spacial score (nSPS) is 18.4. The predicted molar refractivity (Wildman–Crippen MR) is 125 cm³/mol. The lowest BCUT2D eigenvalue weighted by atomic mass is 9.93. The Hall–Kier alpha value is -3.69. The van der Waals surface area contributed by atoms with Crippen LogP contribution in [0.4, 0.5) is 5.82 Å². The minimum atomic E-state index is 0.0820. The van der Waals surface area contributed by atoms with Gasteiger partial charge in [-0.1, -0.05) is 0 Å². The number of ether oxygens (including phenoxy) is 2. The minimum Gasteiger partial charge on any atom is -0.490 e. The molecule has 0 spiro atoms. The van der Waals surface area contributed by atoms with Gasteiger partial charge in [0.15, 0.2) is 5.75 Å². The van der Waals surface area contributed by atoms with E-state index in [-0.39, 0.29) is 12.1 Å². The van der Waals surface area contributed by atoms with Crippen molar-refractivity contribution in [3.05, 3.63) is 36.7 Å². The standard InChI is InChI=1S/C23H28N8O2/c1-14-25-12-20(32-4)23(28-14)33-17-7-5-16(6-8-17)31-19-9-21(24-2)26-11-18(19)22(29-31)15-10-27-30(3)13-15/h9-13,16-17H,5-8H2,1-4H3,(H,24,26). The number of pyridine rings is 1. The summed E-state index contributed by atoms with van der Waals surface area (Å²) in [7, 11) is 5.40. The quantitative estimate of drug-likeness (QED) is 0.478. The van der Waals surface area contributed by atoms with Crippen LogP contribution in [-0.4, -0.2) is 54.8 Å². The van der Waals surface area contributed by atoms with Crippen molar-refractivity contribution in [2.24, 2.45) is 7.05 Å². The Morgan fingerprint density at radius 3 is 2.61 bits per heavy atom. The average molecular weight is 449 g/mol. The van der Waals surface area contributed by atoms with Crippen molar-refractivity contribution in [1.82, 2.24) is 34.5 Å². The monoisotopic (exact) mass is 448 g/mol. The summed E-state index contributed by atoms with van der Waals surface area (Å²) in [4.78, 5) is 13.1. The van der Waals surface area contributed by atoms with Crippen molar-refractivity contribution < 1.29 is 9.47 Å². The van der Waals surface area contributed by atoms with Gasteiger partial charge in [0.1, 0.15) is 23.4 Å². The summed E-state index contributed by atoms with van der Waals surface area (Å²) in [5.41, 5.74) is 2.97. The fourth-order valence-corrected chi connectivity index (χ4v) is 4.43. The molecule has 1 N–H and O–H groups in total. The molecule has 1 saturated carbocycles. The summed E-state index contributed by atoms with van der Waals surface area (Å²) < 4.78 is 15.5. The van der Waals surface area contributed by atoms with E-state index >= 15 is 0 Å². The molecular formula is C23H28N8O2. The summed E-state index contributed by atoms with van der Waals surface area (Å²) in [5, 5.41) is 13.5. The van der Waals surface area contributed by atoms with E-state index < -0.39 is 0 Å². The van der Waals surface area contributed by atoms with E-state index in [1.807, 2.05) is 39.6 Å². The molecule has 4 aromatic heterocycles. The van der Waals surface area contributed by atoms with E-state index in [9.17, 15) is 0 Å². The second kappa shape index (κ2) is 8.68. The van der Waals surface area contributed by atoms with Crippen LogP contribution in [0.3, 0.4) is 0 Å². The van der Waals surface area contributed by atoms with Crippen molar-refractivity contribution in [3.63, 3.8) is 0 Å². The highest BCUT2D eigenvalue weighted by Gasteiger charge is 2.28. The van der Waals surface area contributed by atoms with E-state index in [1.165, 1.54) is 0 Å². The molecule has 1 aliphatic carbocycles. The minimum absolute atomic E-state index is 0.0820. The van der Waals surface area contributed by atoms with Gasteiger partial charge in [-0.2, -0.15) is 15.2 Å². The topological polar surface area (TPSA) is 105 Å². The molecular weight excluding hydrogens is 420 g/mol. The van der Waals surface area contributed by atoms with Crippen LogP contribution in [0.1, 0.15) is 37.5 Å². The lowest BCUT2D eigenvalue weighted by Gasteiger charge is -2.29. The second-order valence-electron chi connectivity index (χ2n) is 8.37. The van der Waals surface area contributed by atoms with E-state index in [4.69, 9.17) is 14.6 Å². The van der Waals surface area contributed by atoms with Crippen LogP contribution in [0.15, 0.2) is 30.9 Å². The van der Waals surface area contributed by atoms with E-state index in [0.29, 0.717) is 17.5 Å². The van der Waals surface area contributed by atoms with Crippen molar-refractivity contribution in [1.29, 1.82) is 0 Å². The first-order valence-electron chi connectivity index (χ1n) is 11.1. The maximum atomic E-state index is 6.21. The van der Waals surface area contributed by atoms with E-state index in [0.717, 1.165) is 53.7 Å². The molecule has 172 valence electrons. The smallest absolute Gasteiger partial charge is 0.260 e. The zero-order valence-corrected chi connectivity index (χ0v) is 19.3. The number of hydrogen-bond donors (Lipinski definition) is 1. The molecule has 0 atom stereocenters. The van der Waals surface area contributed by atoms with Gasteiger partial charge in [0.25, 0.3) is 5.88 Å². The Bertz CT molecular complexity index is 1270. The first-order chi connectivity index (χ1) is 16.1. The van der Waals surface area contributed by atoms with Crippen LogP contribution in [0.5, 0.6) is 11.6 Å². The van der Waals surface area contributed by atoms with Crippen molar-refractivity contribution in [3.8, 4) is 22.9 Å². The molecule has 0 amide bonds. The van der Waals surface area contributed by atoms with Crippen LogP contribution in [0.2, 0.25) is 0 Å². The largest absolute Gasteiger partial charge is 0.490 e. The summed E-state index contributed by atoms with van der Waals surface area (Å²) in [6.45, 7) is 1.85. The molecule has 0 radical (unpaired) electrons. The number of aryl methyl sites for hydroxylation is 2. The fourth-order valence-electron chi connectivity index (χ4n) is 4.43. The van der Waals surface area contributed by atoms with Gasteiger partial charge < -0.3 is 14.8 Å². The zero-order valence-electron chi connectivity index (χ0n) is 19.3. The number of methoxy groups -OCH3 is 1. The summed E-state index contributed by atoms with van der Waals surface area (Å²) in [6, 6.07) is 2.35. The van der Waals surface area contributed by atoms with Gasteiger partial charge >= 0.3 is 0 Å². The van der Waals surface area contributed by atoms with E-state index in [1.54, 1.807) is 18.0 Å². The van der Waals surface area contributed by atoms with Gasteiger partial charge in [-0.3, -0.25) is 9.36 Å². The highest BCUT2D eigenvalue weighted by atomic mass is 16.5. The summed E-state index contributed by atoms with van der Waals surface area (Å²) in [5.74, 6) is 2.57. The van der Waals surface area contributed by atoms with E-state index in [2.05, 4.69) is 36.1 Å². The molecule has 10 nitrogen and oxygen atoms in total. The molecule has 0 bridgehead atoms. The first-order valence-corrected chi connectivity index (χ1v) is 11.1. The number of fused-ring (bicyclic) bond motifs is 1. The van der Waals surface area contributed by atoms with Crippen LogP contribution in [0.25, 0.3) is 22.2 Å². The number of nitrogens with zero attached hydrogens (tertiary/aromatic N) is 7. The van der Waals surface area contributed by atoms with Crippen LogP contribution in [0, 0.1) is 6.92 Å². The summed E-state index contributed by atoms with van der Waals surface area (Å²) >= 11 is 0. The molecule has 1 fully saturated rings. The van der Waals surface area contributed by atoms with Gasteiger partial charge in [0, 0.05) is 43.5 Å². The fraction of sp³-hybridized carbons (Fsp3) is 0.435. The third kappa shape index (κ3) is 4.08. The predicted octanol–water partition coefficient (Wildman–Crippen LogP) is 3.54. The molecule has 0 unspecified atom stereocenters. The zero-order chi connectivity index (χ0) is 22.9. The van der Waals surface area contributed by atoms with Crippen molar-refractivity contribution >= 4 is 16.7 Å². The highest BCUT2D eigenvalue weighted by molar-refractivity contribution is 5.93. The average Bonchev–Trinajstić information content (AvgIpc) is 3.43. The maximum absolute atomic E-state index is 6.21. The van der Waals surface area contributed by atoms with Gasteiger partial charge in [-0.25, -0.2) is 9.97 Å². The Morgan fingerprint density at radius 1 is 1.09 bits per heavy atom. The third-order valence-electron chi connectivity index (χ3n) is 6.16. The molecule has 1 aliphatic rings. The second-order valence-corrected chi connectivity index (χ2v) is 8.37. The molecule has 0 aliphatic heterocycles. The van der Waals surface area contributed by atoms with Gasteiger partial charge in [-0.15, -0.1) is 0 Å². The van der Waals surface area contributed by atoms with Crippen LogP contribution in [-0.2, 0) is 7.05 Å². The Labute approximate surface area is 192 Å². The van der Waals surface area contributed by atoms with Gasteiger partial charge in [0.2, 0.25) is 0 Å². The molecule has 5 rings (SSSR count). The number of aromatic nitrogens is 7. The Morgan fingerprint density at radius 2 is 1.91 bits per heavy atom. The first kappa shape index (κ1) is 21.2. The lowest BCUT2D eigenvalue weighted by Crippen LogP contribution is -2.26. The summed E-state index contributed by atoms with van der Waals surface area (Å²) in [6.07, 6.45) is 11.2. The molecule has 0 saturated heterocycles. The third-order valence-corrected chi connectivity index (χ3v) is 6.16. The number of hydrogen-bond acceptors (Lipinski definition) is 8. The van der Waals surface area contributed by atoms with Crippen molar-refractivity contribution in [2.45, 2.75) is 44.8 Å². The number of nitrogens with one attached hydrogen (secondary N) is 1. The highest BCUT2D eigenvalue weighted by Crippen LogP contribution is 2.37. The maximum Gasteiger partial charge on any atom is 0.260 e. The molecule has 0 aromatic carbocycles. The van der Waals surface area contributed by atoms with Crippen LogP contribution < -0.4 is 14.8 Å². The van der Waals surface area contributed by atoms with Crippen LogP contribution >= 0.6 is 0 Å². The van der Waals surface area contributed by atoms with Gasteiger partial charge in [0.05, 0.1) is 31.1 Å². The molecule has 10 heteroatoms. The SMILES string of the molecule is CNc1cc2c(cn1)c(-c1cnn(C)c1)nn2C1CCC(Oc2nc(C)ncc2OC)CC1. The van der Waals surface area contributed by atoms with Gasteiger partial charge in [-0.05, 0) is 32.6 Å². The lowest BCUT2D eigenvalue weighted by molar-refractivity contribution is 0.121. The molecule has 33 heavy (non-hydrogen) atoms. The van der Waals surface area contributed by atoms with Crippen molar-refractivity contribution in [2.75, 3.05) is 19.5 Å². The Kier molecular flexibility index (Phi) is 5.57.